The number of carbonyl (C=O) groups is 1. The van der Waals surface area contributed by atoms with Crippen LogP contribution in [0.15, 0.2) is 0 Å². The summed E-state index contributed by atoms with van der Waals surface area (Å²) in [7, 11) is -3.23. The number of hydrogen-bond donors (Lipinski definition) is 0. The van der Waals surface area contributed by atoms with Crippen LogP contribution in [0.25, 0.3) is 0 Å². The number of carbonyl (C=O) groups excluding carboxylic acids is 1. The third-order valence-electron chi connectivity index (χ3n) is 4.45. The van der Waals surface area contributed by atoms with Crippen LogP contribution in [0.4, 0.5) is 0 Å². The summed E-state index contributed by atoms with van der Waals surface area (Å²) in [5.41, 5.74) is 0. The summed E-state index contributed by atoms with van der Waals surface area (Å²) in [6, 6.07) is 0. The van der Waals surface area contributed by atoms with Crippen molar-refractivity contribution < 1.29 is 17.9 Å². The number of ether oxygens (including phenoxy) is 1. The van der Waals surface area contributed by atoms with Crippen LogP contribution >= 0.6 is 15.9 Å². The number of rotatable bonds is 5. The lowest BCUT2D eigenvalue weighted by atomic mass is 9.89. The Hall–Kier alpha value is -0.180. The summed E-state index contributed by atoms with van der Waals surface area (Å²) in [5, 5.41) is 0. The van der Waals surface area contributed by atoms with Gasteiger partial charge in [-0.3, -0.25) is 4.79 Å². The number of amides is 1. The quantitative estimate of drug-likeness (QED) is 0.658. The van der Waals surface area contributed by atoms with Gasteiger partial charge < -0.3 is 9.64 Å². The second-order valence-corrected chi connectivity index (χ2v) is 9.48. The number of nitrogens with zero attached hydrogens (tertiary/aromatic N) is 2. The van der Waals surface area contributed by atoms with Crippen LogP contribution in [-0.4, -0.2) is 67.1 Å². The Labute approximate surface area is 141 Å². The average molecular weight is 397 g/mol. The first-order valence-electron chi connectivity index (χ1n) is 7.85. The van der Waals surface area contributed by atoms with Crippen LogP contribution in [0.1, 0.15) is 32.6 Å². The Morgan fingerprint density at radius 2 is 1.91 bits per heavy atom. The molecule has 0 radical (unpaired) electrons. The minimum atomic E-state index is -3.23. The minimum absolute atomic E-state index is 0.0332. The fraction of sp³-hybridized carbons (Fsp3) is 0.929. The molecule has 0 aromatic rings. The van der Waals surface area contributed by atoms with E-state index >= 15 is 0 Å². The highest BCUT2D eigenvalue weighted by molar-refractivity contribution is 9.10. The summed E-state index contributed by atoms with van der Waals surface area (Å²) in [6.45, 7) is 3.94. The van der Waals surface area contributed by atoms with Gasteiger partial charge >= 0.3 is 0 Å². The van der Waals surface area contributed by atoms with Crippen molar-refractivity contribution >= 4 is 31.9 Å². The highest BCUT2D eigenvalue weighted by atomic mass is 79.9. The highest BCUT2D eigenvalue weighted by Crippen LogP contribution is 2.25. The molecule has 1 saturated carbocycles. The molecule has 1 aliphatic heterocycles. The van der Waals surface area contributed by atoms with Crippen LogP contribution in [-0.2, 0) is 19.6 Å². The van der Waals surface area contributed by atoms with Gasteiger partial charge in [0, 0.05) is 26.2 Å². The van der Waals surface area contributed by atoms with E-state index in [1.54, 1.807) is 4.90 Å². The largest absolute Gasteiger partial charge is 0.368 e. The predicted octanol–water partition coefficient (Wildman–Crippen LogP) is 1.41. The smallest absolute Gasteiger partial charge is 0.248 e. The Bertz CT molecular complexity index is 477. The monoisotopic (exact) mass is 396 g/mol. The molecular formula is C14H25BrN2O4S. The zero-order valence-electron chi connectivity index (χ0n) is 13.0. The Morgan fingerprint density at radius 3 is 2.50 bits per heavy atom. The van der Waals surface area contributed by atoms with Gasteiger partial charge in [0.1, 0.15) is 11.3 Å². The molecule has 1 aliphatic carbocycles. The standard InChI is InChI=1S/C14H25BrN2O4S/c1-12-3-2-4-13(9-12)21-10-14(18)16-5-7-17(8-6-16)22(19,20)11-15/h12-13H,2-11H2,1H3. The average Bonchev–Trinajstić information content (AvgIpc) is 2.53. The molecule has 2 unspecified atom stereocenters. The van der Waals surface area contributed by atoms with Gasteiger partial charge in [-0.05, 0) is 18.8 Å². The predicted molar refractivity (Wildman–Crippen MR) is 88.2 cm³/mol. The van der Waals surface area contributed by atoms with Crippen molar-refractivity contribution in [2.24, 2.45) is 5.92 Å². The zero-order chi connectivity index (χ0) is 16.2. The van der Waals surface area contributed by atoms with E-state index in [1.165, 1.54) is 17.1 Å². The van der Waals surface area contributed by atoms with E-state index in [4.69, 9.17) is 4.74 Å². The lowest BCUT2D eigenvalue weighted by Gasteiger charge is -2.34. The van der Waals surface area contributed by atoms with Gasteiger partial charge in [-0.25, -0.2) is 8.42 Å². The molecule has 0 bridgehead atoms. The van der Waals surface area contributed by atoms with E-state index in [0.717, 1.165) is 12.8 Å². The van der Waals surface area contributed by atoms with Crippen LogP contribution in [0.5, 0.6) is 0 Å². The van der Waals surface area contributed by atoms with E-state index in [2.05, 4.69) is 22.9 Å². The maximum atomic E-state index is 12.2. The molecule has 0 spiro atoms. The third kappa shape index (κ3) is 4.91. The van der Waals surface area contributed by atoms with Gasteiger partial charge in [-0.15, -0.1) is 0 Å². The second-order valence-electron chi connectivity index (χ2n) is 6.21. The Kier molecular flexibility index (Phi) is 6.67. The first-order chi connectivity index (χ1) is 10.4. The van der Waals surface area contributed by atoms with Crippen molar-refractivity contribution in [3.05, 3.63) is 0 Å². The van der Waals surface area contributed by atoms with E-state index < -0.39 is 10.0 Å². The first kappa shape index (κ1) is 18.2. The maximum Gasteiger partial charge on any atom is 0.248 e. The molecule has 0 aromatic heterocycles. The van der Waals surface area contributed by atoms with Gasteiger partial charge in [0.2, 0.25) is 15.9 Å². The van der Waals surface area contributed by atoms with Crippen molar-refractivity contribution in [1.82, 2.24) is 9.21 Å². The van der Waals surface area contributed by atoms with Crippen LogP contribution in [0.2, 0.25) is 0 Å². The molecule has 2 aliphatic rings. The summed E-state index contributed by atoms with van der Waals surface area (Å²) >= 11 is 2.99. The molecule has 2 atom stereocenters. The highest BCUT2D eigenvalue weighted by Gasteiger charge is 2.28. The topological polar surface area (TPSA) is 66.9 Å². The molecule has 6 nitrogen and oxygen atoms in total. The van der Waals surface area contributed by atoms with Crippen LogP contribution < -0.4 is 0 Å². The Balaban J connectivity index is 1.73. The van der Waals surface area contributed by atoms with Crippen LogP contribution in [0, 0.1) is 5.92 Å². The molecule has 22 heavy (non-hydrogen) atoms. The van der Waals surface area contributed by atoms with Crippen molar-refractivity contribution in [3.63, 3.8) is 0 Å². The van der Waals surface area contributed by atoms with Gasteiger partial charge in [-0.2, -0.15) is 4.31 Å². The van der Waals surface area contributed by atoms with Gasteiger partial charge in [0.25, 0.3) is 0 Å². The molecule has 1 amide bonds. The lowest BCUT2D eigenvalue weighted by Crippen LogP contribution is -2.51. The number of hydrogen-bond acceptors (Lipinski definition) is 4. The molecule has 1 heterocycles. The minimum Gasteiger partial charge on any atom is -0.368 e. The molecule has 0 aromatic carbocycles. The van der Waals surface area contributed by atoms with E-state index in [9.17, 15) is 13.2 Å². The number of piperazine rings is 1. The molecule has 0 N–H and O–H groups in total. The summed E-state index contributed by atoms with van der Waals surface area (Å²) in [4.78, 5) is 13.9. The number of alkyl halides is 1. The molecule has 1 saturated heterocycles. The summed E-state index contributed by atoms with van der Waals surface area (Å²) in [6.07, 6.45) is 4.68. The van der Waals surface area contributed by atoms with Crippen molar-refractivity contribution in [2.45, 2.75) is 38.7 Å². The van der Waals surface area contributed by atoms with E-state index in [0.29, 0.717) is 32.1 Å². The number of halogens is 1. The lowest BCUT2D eigenvalue weighted by molar-refractivity contribution is -0.140. The van der Waals surface area contributed by atoms with Crippen molar-refractivity contribution in [2.75, 3.05) is 37.4 Å². The fourth-order valence-electron chi connectivity index (χ4n) is 3.09. The zero-order valence-corrected chi connectivity index (χ0v) is 15.4. The summed E-state index contributed by atoms with van der Waals surface area (Å²) in [5.74, 6) is 0.640. The fourth-order valence-corrected chi connectivity index (χ4v) is 4.82. The number of sulfonamides is 1. The van der Waals surface area contributed by atoms with Gasteiger partial charge in [-0.1, -0.05) is 35.7 Å². The maximum absolute atomic E-state index is 12.2. The van der Waals surface area contributed by atoms with Crippen molar-refractivity contribution in [3.8, 4) is 0 Å². The first-order valence-corrected chi connectivity index (χ1v) is 10.6. The van der Waals surface area contributed by atoms with Gasteiger partial charge in [0.15, 0.2) is 0 Å². The molecular weight excluding hydrogens is 372 g/mol. The van der Waals surface area contributed by atoms with Crippen LogP contribution in [0.3, 0.4) is 0 Å². The molecule has 8 heteroatoms. The third-order valence-corrected chi connectivity index (χ3v) is 7.62. The normalized spacial score (nSPS) is 27.8. The van der Waals surface area contributed by atoms with Gasteiger partial charge in [0.05, 0.1) is 6.10 Å². The van der Waals surface area contributed by atoms with E-state index in [1.807, 2.05) is 0 Å². The Morgan fingerprint density at radius 1 is 1.23 bits per heavy atom. The molecule has 2 fully saturated rings. The van der Waals surface area contributed by atoms with E-state index in [-0.39, 0.29) is 23.3 Å². The van der Waals surface area contributed by atoms with Crippen molar-refractivity contribution in [1.29, 1.82) is 0 Å². The molecule has 128 valence electrons. The molecule has 2 rings (SSSR count). The second kappa shape index (κ2) is 8.08. The summed E-state index contributed by atoms with van der Waals surface area (Å²) < 4.78 is 30.6. The SMILES string of the molecule is CC1CCCC(OCC(=O)N2CCN(S(=O)(=O)CBr)CC2)C1.